The molecule has 2 aromatic rings. The van der Waals surface area contributed by atoms with Gasteiger partial charge in [0.1, 0.15) is 5.69 Å². The van der Waals surface area contributed by atoms with E-state index in [2.05, 4.69) is 36.0 Å². The van der Waals surface area contributed by atoms with E-state index in [4.69, 9.17) is 0 Å². The Bertz CT molecular complexity index is 705. The van der Waals surface area contributed by atoms with Crippen LogP contribution in [0.4, 0.5) is 4.39 Å². The summed E-state index contributed by atoms with van der Waals surface area (Å²) >= 11 is 0. The average molecular weight is 344 g/mol. The highest BCUT2D eigenvalue weighted by Gasteiger charge is 2.20. The van der Waals surface area contributed by atoms with Crippen LogP contribution in [0.15, 0.2) is 30.5 Å². The Hall–Kier alpha value is -2.37. The molecular weight excluding hydrogens is 319 g/mol. The molecule has 0 N–H and O–H groups in total. The molecule has 0 aromatic carbocycles. The van der Waals surface area contributed by atoms with Crippen LogP contribution >= 0.6 is 0 Å². The topological polar surface area (TPSA) is 59.0 Å². The van der Waals surface area contributed by atoms with E-state index in [0.29, 0.717) is 19.0 Å². The molecule has 0 saturated heterocycles. The Morgan fingerprint density at radius 1 is 1.28 bits per heavy atom. The lowest BCUT2D eigenvalue weighted by molar-refractivity contribution is 0.0725. The summed E-state index contributed by atoms with van der Waals surface area (Å²) in [7, 11) is 0. The highest BCUT2D eigenvalue weighted by Crippen LogP contribution is 2.14. The third-order valence-electron chi connectivity index (χ3n) is 3.95. The van der Waals surface area contributed by atoms with Crippen molar-refractivity contribution in [2.24, 2.45) is 5.92 Å². The standard InChI is InChI=1S/C19H25FN4O/c1-4-6-15-9-11-21-23-17(15)13-24(12-10-14(2)3)19(25)16-7-5-8-18(20)22-16/h5,7-9,11,14H,4,6,10,12-13H2,1-3H3. The average Bonchev–Trinajstić information content (AvgIpc) is 2.59. The molecule has 0 spiro atoms. The van der Waals surface area contributed by atoms with Gasteiger partial charge >= 0.3 is 0 Å². The zero-order valence-electron chi connectivity index (χ0n) is 15.1. The number of pyridine rings is 1. The number of aromatic nitrogens is 3. The van der Waals surface area contributed by atoms with Gasteiger partial charge in [0, 0.05) is 12.7 Å². The zero-order chi connectivity index (χ0) is 18.2. The number of amides is 1. The van der Waals surface area contributed by atoms with Gasteiger partial charge in [-0.05, 0) is 42.5 Å². The lowest BCUT2D eigenvalue weighted by Crippen LogP contribution is -2.33. The Morgan fingerprint density at radius 2 is 2.08 bits per heavy atom. The summed E-state index contributed by atoms with van der Waals surface area (Å²) in [5.41, 5.74) is 1.99. The molecule has 5 nitrogen and oxygen atoms in total. The Labute approximate surface area is 148 Å². The van der Waals surface area contributed by atoms with Gasteiger partial charge in [0.15, 0.2) is 0 Å². The number of aryl methyl sites for hydroxylation is 1. The van der Waals surface area contributed by atoms with Gasteiger partial charge in [-0.2, -0.15) is 14.6 Å². The van der Waals surface area contributed by atoms with Crippen molar-refractivity contribution in [1.29, 1.82) is 0 Å². The van der Waals surface area contributed by atoms with Crippen LogP contribution in [0, 0.1) is 11.9 Å². The number of hydrogen-bond donors (Lipinski definition) is 0. The fourth-order valence-electron chi connectivity index (χ4n) is 2.55. The normalized spacial score (nSPS) is 10.9. The SMILES string of the molecule is CCCc1ccnnc1CN(CCC(C)C)C(=O)c1cccc(F)n1. The van der Waals surface area contributed by atoms with Gasteiger partial charge in [-0.25, -0.2) is 4.98 Å². The lowest BCUT2D eigenvalue weighted by atomic mass is 10.1. The molecule has 6 heteroatoms. The van der Waals surface area contributed by atoms with E-state index in [1.165, 1.54) is 18.2 Å². The van der Waals surface area contributed by atoms with Crippen molar-refractivity contribution in [1.82, 2.24) is 20.1 Å². The predicted octanol–water partition coefficient (Wildman–Crippen LogP) is 3.65. The van der Waals surface area contributed by atoms with E-state index >= 15 is 0 Å². The maximum Gasteiger partial charge on any atom is 0.272 e. The minimum Gasteiger partial charge on any atom is -0.331 e. The van der Waals surface area contributed by atoms with Gasteiger partial charge < -0.3 is 4.90 Å². The van der Waals surface area contributed by atoms with Crippen LogP contribution in [-0.4, -0.2) is 32.5 Å². The monoisotopic (exact) mass is 344 g/mol. The van der Waals surface area contributed by atoms with Crippen molar-refractivity contribution in [3.05, 3.63) is 53.4 Å². The summed E-state index contributed by atoms with van der Waals surface area (Å²) in [5.74, 6) is -0.484. The number of halogens is 1. The highest BCUT2D eigenvalue weighted by molar-refractivity contribution is 5.92. The molecule has 25 heavy (non-hydrogen) atoms. The van der Waals surface area contributed by atoms with Gasteiger partial charge in [-0.15, -0.1) is 0 Å². The van der Waals surface area contributed by atoms with Gasteiger partial charge in [0.25, 0.3) is 5.91 Å². The number of hydrogen-bond acceptors (Lipinski definition) is 4. The Balaban J connectivity index is 2.25. The van der Waals surface area contributed by atoms with Gasteiger partial charge in [0.2, 0.25) is 5.95 Å². The maximum atomic E-state index is 13.4. The number of carbonyl (C=O) groups excluding carboxylic acids is 1. The van der Waals surface area contributed by atoms with Crippen LogP contribution in [0.3, 0.4) is 0 Å². The largest absolute Gasteiger partial charge is 0.331 e. The second kappa shape index (κ2) is 9.20. The Kier molecular flexibility index (Phi) is 6.98. The summed E-state index contributed by atoms with van der Waals surface area (Å²) in [4.78, 5) is 18.2. The van der Waals surface area contributed by atoms with E-state index in [1.54, 1.807) is 11.1 Å². The molecule has 2 heterocycles. The van der Waals surface area contributed by atoms with Crippen molar-refractivity contribution in [2.75, 3.05) is 6.54 Å². The molecule has 1 amide bonds. The minimum atomic E-state index is -0.652. The van der Waals surface area contributed by atoms with Gasteiger partial charge in [0.05, 0.1) is 12.2 Å². The number of nitrogens with zero attached hydrogens (tertiary/aromatic N) is 4. The van der Waals surface area contributed by atoms with Crippen molar-refractivity contribution in [3.63, 3.8) is 0 Å². The molecule has 134 valence electrons. The third kappa shape index (κ3) is 5.59. The molecule has 0 fully saturated rings. The van der Waals surface area contributed by atoms with E-state index in [-0.39, 0.29) is 11.6 Å². The third-order valence-corrected chi connectivity index (χ3v) is 3.95. The molecule has 0 aliphatic heterocycles. The first kappa shape index (κ1) is 19.0. The molecule has 0 bridgehead atoms. The molecular formula is C19H25FN4O. The van der Waals surface area contributed by atoms with Gasteiger partial charge in [-0.3, -0.25) is 4.79 Å². The first-order chi connectivity index (χ1) is 12.0. The molecule has 0 radical (unpaired) electrons. The fraction of sp³-hybridized carbons (Fsp3) is 0.474. The highest BCUT2D eigenvalue weighted by atomic mass is 19.1. The second-order valence-electron chi connectivity index (χ2n) is 6.51. The lowest BCUT2D eigenvalue weighted by Gasteiger charge is -2.23. The van der Waals surface area contributed by atoms with Crippen molar-refractivity contribution in [3.8, 4) is 0 Å². The van der Waals surface area contributed by atoms with Crippen LogP contribution in [-0.2, 0) is 13.0 Å². The van der Waals surface area contributed by atoms with E-state index in [9.17, 15) is 9.18 Å². The van der Waals surface area contributed by atoms with Crippen molar-refractivity contribution >= 4 is 5.91 Å². The number of rotatable bonds is 8. The molecule has 0 atom stereocenters. The fourth-order valence-corrected chi connectivity index (χ4v) is 2.55. The summed E-state index contributed by atoms with van der Waals surface area (Å²) in [6, 6.07) is 6.22. The summed E-state index contributed by atoms with van der Waals surface area (Å²) in [6.45, 7) is 7.23. The second-order valence-corrected chi connectivity index (χ2v) is 6.51. The van der Waals surface area contributed by atoms with Crippen LogP contribution in [0.2, 0.25) is 0 Å². The Morgan fingerprint density at radius 3 is 2.76 bits per heavy atom. The summed E-state index contributed by atoms with van der Waals surface area (Å²) in [6.07, 6.45) is 4.40. The smallest absolute Gasteiger partial charge is 0.272 e. The van der Waals surface area contributed by atoms with Crippen LogP contribution < -0.4 is 0 Å². The molecule has 0 aliphatic carbocycles. The van der Waals surface area contributed by atoms with Crippen molar-refractivity contribution < 1.29 is 9.18 Å². The first-order valence-electron chi connectivity index (χ1n) is 8.72. The molecule has 2 aromatic heterocycles. The predicted molar refractivity (Wildman–Crippen MR) is 94.4 cm³/mol. The first-order valence-corrected chi connectivity index (χ1v) is 8.72. The van der Waals surface area contributed by atoms with Gasteiger partial charge in [-0.1, -0.05) is 33.3 Å². The molecule has 2 rings (SSSR count). The molecule has 0 saturated carbocycles. The van der Waals surface area contributed by atoms with Crippen molar-refractivity contribution in [2.45, 2.75) is 46.6 Å². The van der Waals surface area contributed by atoms with Crippen LogP contribution in [0.1, 0.15) is 55.4 Å². The van der Waals surface area contributed by atoms with Crippen LogP contribution in [0.25, 0.3) is 0 Å². The zero-order valence-corrected chi connectivity index (χ0v) is 15.1. The quantitative estimate of drug-likeness (QED) is 0.686. The number of carbonyl (C=O) groups is 1. The van der Waals surface area contributed by atoms with E-state index in [1.807, 2.05) is 6.07 Å². The molecule has 0 unspecified atom stereocenters. The maximum absolute atomic E-state index is 13.4. The minimum absolute atomic E-state index is 0.115. The summed E-state index contributed by atoms with van der Waals surface area (Å²) in [5, 5.41) is 8.18. The van der Waals surface area contributed by atoms with Crippen LogP contribution in [0.5, 0.6) is 0 Å². The summed E-state index contributed by atoms with van der Waals surface area (Å²) < 4.78 is 13.4. The van der Waals surface area contributed by atoms with E-state index in [0.717, 1.165) is 30.5 Å². The molecule has 0 aliphatic rings. The van der Waals surface area contributed by atoms with E-state index < -0.39 is 5.95 Å².